The van der Waals surface area contributed by atoms with Gasteiger partial charge in [-0.1, -0.05) is 25.5 Å². The van der Waals surface area contributed by atoms with Crippen molar-refractivity contribution in [1.82, 2.24) is 0 Å². The molecule has 0 amide bonds. The predicted molar refractivity (Wildman–Crippen MR) is 68.5 cm³/mol. The maximum atomic E-state index is 13.1. The fourth-order valence-electron chi connectivity index (χ4n) is 1.66. The molecule has 0 saturated heterocycles. The number of rotatable bonds is 6. The maximum Gasteiger partial charge on any atom is 0.139 e. The molecule has 0 bridgehead atoms. The minimum atomic E-state index is -1.04. The number of aliphatic imine (C=N–C) groups is 1. The lowest BCUT2D eigenvalue weighted by atomic mass is 9.97. The largest absolute Gasteiger partial charge is 0.266 e. The van der Waals surface area contributed by atoms with E-state index in [2.05, 4.69) is 25.6 Å². The number of nitrogens with zero attached hydrogens (tertiary/aromatic N) is 1. The van der Waals surface area contributed by atoms with Gasteiger partial charge in [0.2, 0.25) is 0 Å². The lowest BCUT2D eigenvalue weighted by Crippen LogP contribution is -1.97. The molecule has 0 radical (unpaired) electrons. The summed E-state index contributed by atoms with van der Waals surface area (Å²) in [6, 6.07) is 0. The second-order valence-electron chi connectivity index (χ2n) is 4.91. The molecule has 1 rings (SSSR count). The minimum Gasteiger partial charge on any atom is -0.266 e. The number of allylic oxidation sites excluding steroid dienone is 4. The van der Waals surface area contributed by atoms with Crippen LogP contribution in [0.4, 0.5) is 4.39 Å². The van der Waals surface area contributed by atoms with Crippen molar-refractivity contribution in [3.05, 3.63) is 23.4 Å². The van der Waals surface area contributed by atoms with Gasteiger partial charge in [-0.3, -0.25) is 4.99 Å². The fraction of sp³-hybridized carbons (Fsp3) is 0.643. The molecule has 1 saturated carbocycles. The van der Waals surface area contributed by atoms with E-state index in [1.807, 2.05) is 6.08 Å². The van der Waals surface area contributed by atoms with Gasteiger partial charge >= 0.3 is 0 Å². The summed E-state index contributed by atoms with van der Waals surface area (Å²) >= 11 is 0. The molecular formula is C14H22FN. The van der Waals surface area contributed by atoms with E-state index in [-0.39, 0.29) is 0 Å². The molecular weight excluding hydrogens is 201 g/mol. The van der Waals surface area contributed by atoms with Gasteiger partial charge in [0, 0.05) is 0 Å². The Balaban J connectivity index is 2.71. The van der Waals surface area contributed by atoms with Crippen LogP contribution in [0.1, 0.15) is 40.0 Å². The quantitative estimate of drug-likeness (QED) is 0.470. The lowest BCUT2D eigenvalue weighted by molar-refractivity contribution is 0.409. The third-order valence-electron chi connectivity index (χ3n) is 3.02. The summed E-state index contributed by atoms with van der Waals surface area (Å²) in [5.74, 6) is 1.39. The first-order valence-corrected chi connectivity index (χ1v) is 6.06. The zero-order chi connectivity index (χ0) is 12.1. The Bertz CT molecular complexity index is 296. The molecule has 0 heterocycles. The highest BCUT2D eigenvalue weighted by Crippen LogP contribution is 2.37. The highest BCUT2D eigenvalue weighted by Gasteiger charge is 2.23. The van der Waals surface area contributed by atoms with Crippen LogP contribution in [0.5, 0.6) is 0 Å². The van der Waals surface area contributed by atoms with Crippen LogP contribution in [0.25, 0.3) is 0 Å². The number of hydrogen-bond acceptors (Lipinski definition) is 1. The summed E-state index contributed by atoms with van der Waals surface area (Å²) < 4.78 is 13.1. The van der Waals surface area contributed by atoms with Crippen LogP contribution in [0.15, 0.2) is 28.4 Å². The molecule has 0 aliphatic heterocycles. The second-order valence-corrected chi connectivity index (χ2v) is 4.91. The van der Waals surface area contributed by atoms with Crippen LogP contribution in [0.3, 0.4) is 0 Å². The van der Waals surface area contributed by atoms with Crippen molar-refractivity contribution in [1.29, 1.82) is 0 Å². The van der Waals surface area contributed by atoms with Gasteiger partial charge in [0.05, 0.1) is 5.70 Å². The Labute approximate surface area is 98.2 Å². The smallest absolute Gasteiger partial charge is 0.139 e. The monoisotopic (exact) mass is 223 g/mol. The van der Waals surface area contributed by atoms with Gasteiger partial charge in [0.15, 0.2) is 0 Å². The van der Waals surface area contributed by atoms with Crippen molar-refractivity contribution in [2.24, 2.45) is 16.8 Å². The van der Waals surface area contributed by atoms with E-state index in [4.69, 9.17) is 0 Å². The molecule has 1 fully saturated rings. The summed E-state index contributed by atoms with van der Waals surface area (Å²) in [7, 11) is 0. The molecule has 1 aliphatic carbocycles. The molecule has 2 heteroatoms. The van der Waals surface area contributed by atoms with Crippen LogP contribution in [0, 0.1) is 11.8 Å². The topological polar surface area (TPSA) is 12.4 Å². The molecule has 1 aliphatic rings. The molecule has 1 atom stereocenters. The van der Waals surface area contributed by atoms with Crippen molar-refractivity contribution in [2.75, 3.05) is 0 Å². The van der Waals surface area contributed by atoms with Crippen molar-refractivity contribution in [2.45, 2.75) is 46.2 Å². The zero-order valence-corrected chi connectivity index (χ0v) is 10.5. The molecule has 0 aromatic heterocycles. The highest BCUT2D eigenvalue weighted by atomic mass is 19.1. The van der Waals surface area contributed by atoms with Crippen LogP contribution in [-0.4, -0.2) is 12.9 Å². The van der Waals surface area contributed by atoms with E-state index >= 15 is 0 Å². The van der Waals surface area contributed by atoms with Crippen molar-refractivity contribution in [3.8, 4) is 0 Å². The average molecular weight is 223 g/mol. The molecule has 0 spiro atoms. The standard InChI is InChI=1S/C14H22FN/c1-10(2)13(9-12-5-6-12)7-8-14(16-4)11(3)15/h7-8,10-12H,4-6,9H2,1-3H3/b13-7+,14-8-. The summed E-state index contributed by atoms with van der Waals surface area (Å²) in [5, 5.41) is 0. The first-order chi connectivity index (χ1) is 7.54. The van der Waals surface area contributed by atoms with Gasteiger partial charge in [-0.25, -0.2) is 4.39 Å². The Morgan fingerprint density at radius 3 is 2.38 bits per heavy atom. The van der Waals surface area contributed by atoms with E-state index in [1.54, 1.807) is 6.08 Å². The normalized spacial score (nSPS) is 20.1. The zero-order valence-electron chi connectivity index (χ0n) is 10.5. The molecule has 16 heavy (non-hydrogen) atoms. The van der Waals surface area contributed by atoms with Crippen LogP contribution < -0.4 is 0 Å². The SMILES string of the molecule is C=N/C(=C\C=C(/CC1CC1)C(C)C)C(C)F. The van der Waals surface area contributed by atoms with Crippen LogP contribution in [-0.2, 0) is 0 Å². The Kier molecular flexibility index (Phi) is 4.91. The third-order valence-corrected chi connectivity index (χ3v) is 3.02. The van der Waals surface area contributed by atoms with E-state index < -0.39 is 6.17 Å². The van der Waals surface area contributed by atoms with Crippen molar-refractivity contribution < 1.29 is 4.39 Å². The van der Waals surface area contributed by atoms with Crippen LogP contribution in [0.2, 0.25) is 0 Å². The van der Waals surface area contributed by atoms with E-state index in [0.717, 1.165) is 12.3 Å². The van der Waals surface area contributed by atoms with Gasteiger partial charge < -0.3 is 0 Å². The van der Waals surface area contributed by atoms with Crippen molar-refractivity contribution in [3.63, 3.8) is 0 Å². The molecule has 1 unspecified atom stereocenters. The molecule has 0 aromatic rings. The molecule has 0 aromatic carbocycles. The summed E-state index contributed by atoms with van der Waals surface area (Å²) in [5.41, 5.74) is 1.82. The van der Waals surface area contributed by atoms with Gasteiger partial charge in [-0.05, 0) is 50.8 Å². The predicted octanol–water partition coefficient (Wildman–Crippen LogP) is 4.31. The van der Waals surface area contributed by atoms with Gasteiger partial charge in [0.25, 0.3) is 0 Å². The highest BCUT2D eigenvalue weighted by molar-refractivity contribution is 5.32. The van der Waals surface area contributed by atoms with E-state index in [0.29, 0.717) is 11.6 Å². The number of alkyl halides is 1. The number of hydrogen-bond donors (Lipinski definition) is 0. The Morgan fingerprint density at radius 1 is 1.38 bits per heavy atom. The van der Waals surface area contributed by atoms with Crippen LogP contribution >= 0.6 is 0 Å². The summed E-state index contributed by atoms with van der Waals surface area (Å²) in [6.45, 7) is 9.25. The summed E-state index contributed by atoms with van der Waals surface area (Å²) in [6.07, 6.45) is 6.61. The first-order valence-electron chi connectivity index (χ1n) is 6.06. The number of halogens is 1. The Morgan fingerprint density at radius 2 is 2.00 bits per heavy atom. The lowest BCUT2D eigenvalue weighted by Gasteiger charge is -2.10. The molecule has 0 N–H and O–H groups in total. The first kappa shape index (κ1) is 13.1. The van der Waals surface area contributed by atoms with E-state index in [1.165, 1.54) is 25.3 Å². The van der Waals surface area contributed by atoms with Crippen molar-refractivity contribution >= 4 is 6.72 Å². The minimum absolute atomic E-state index is 0.425. The summed E-state index contributed by atoms with van der Waals surface area (Å²) in [4.78, 5) is 3.71. The molecule has 1 nitrogen and oxygen atoms in total. The van der Waals surface area contributed by atoms with Gasteiger partial charge in [-0.15, -0.1) is 0 Å². The van der Waals surface area contributed by atoms with E-state index in [9.17, 15) is 4.39 Å². The van der Waals surface area contributed by atoms with Gasteiger partial charge in [-0.2, -0.15) is 0 Å². The second kappa shape index (κ2) is 5.97. The third kappa shape index (κ3) is 4.30. The Hall–Kier alpha value is -0.920. The maximum absolute atomic E-state index is 13.1. The van der Waals surface area contributed by atoms with Gasteiger partial charge in [0.1, 0.15) is 6.17 Å². The average Bonchev–Trinajstić information content (AvgIpc) is 2.99. The fourth-order valence-corrected chi connectivity index (χ4v) is 1.66. The molecule has 90 valence electrons.